The first-order valence-corrected chi connectivity index (χ1v) is 12.1. The van der Waals surface area contributed by atoms with Gasteiger partial charge in [-0.3, -0.25) is 4.79 Å². The zero-order valence-electron chi connectivity index (χ0n) is 18.6. The van der Waals surface area contributed by atoms with Crippen molar-refractivity contribution in [3.05, 3.63) is 95.7 Å². The van der Waals surface area contributed by atoms with Crippen LogP contribution in [0.25, 0.3) is 22.0 Å². The summed E-state index contributed by atoms with van der Waals surface area (Å²) in [6, 6.07) is 23.3. The van der Waals surface area contributed by atoms with E-state index in [-0.39, 0.29) is 24.2 Å². The van der Waals surface area contributed by atoms with Crippen molar-refractivity contribution >= 4 is 35.4 Å². The molecular weight excluding hydrogens is 444 g/mol. The molecule has 6 heteroatoms. The number of carboxylic acids is 1. The van der Waals surface area contributed by atoms with Crippen LogP contribution in [0.3, 0.4) is 0 Å². The number of nitrogens with one attached hydrogen (secondary N) is 2. The highest BCUT2D eigenvalue weighted by Crippen LogP contribution is 2.42. The number of H-pyrrole nitrogens is 1. The summed E-state index contributed by atoms with van der Waals surface area (Å²) in [5.74, 6) is -1.29. The summed E-state index contributed by atoms with van der Waals surface area (Å²) in [4.78, 5) is 28.3. The number of carbonyl (C=O) groups is 2. The number of aromatic amines is 1. The lowest BCUT2D eigenvalue weighted by Gasteiger charge is -2.36. The predicted molar refractivity (Wildman–Crippen MR) is 137 cm³/mol. The van der Waals surface area contributed by atoms with Crippen molar-refractivity contribution in [1.82, 2.24) is 10.3 Å². The Balaban J connectivity index is 1.30. The molecule has 1 heterocycles. The number of hydrogen-bond donors (Lipinski definition) is 4. The number of aliphatic carboxylic acids is 1. The van der Waals surface area contributed by atoms with Crippen LogP contribution in [0, 0.1) is 5.92 Å². The highest BCUT2D eigenvalue weighted by molar-refractivity contribution is 7.80. The molecule has 5 nitrogen and oxygen atoms in total. The van der Waals surface area contributed by atoms with E-state index >= 15 is 0 Å². The predicted octanol–water partition coefficient (Wildman–Crippen LogP) is 4.83. The molecule has 0 saturated heterocycles. The van der Waals surface area contributed by atoms with Crippen molar-refractivity contribution in [2.45, 2.75) is 24.8 Å². The second-order valence-electron chi connectivity index (χ2n) is 8.84. The maximum absolute atomic E-state index is 13.2. The second-order valence-corrected chi connectivity index (χ2v) is 9.21. The normalized spacial score (nSPS) is 16.3. The van der Waals surface area contributed by atoms with Crippen molar-refractivity contribution < 1.29 is 14.7 Å². The monoisotopic (exact) mass is 470 g/mol. The van der Waals surface area contributed by atoms with Gasteiger partial charge in [0.05, 0.1) is 5.92 Å². The Labute approximate surface area is 203 Å². The number of rotatable bonds is 8. The lowest BCUT2D eigenvalue weighted by atomic mass is 9.70. The van der Waals surface area contributed by atoms with Crippen LogP contribution in [0.1, 0.15) is 22.6 Å². The number of hydrogen-bond acceptors (Lipinski definition) is 3. The summed E-state index contributed by atoms with van der Waals surface area (Å²) in [7, 11) is 0. The molecular formula is C28H26N2O3S. The van der Waals surface area contributed by atoms with E-state index in [1.807, 2.05) is 48.7 Å². The highest BCUT2D eigenvalue weighted by atomic mass is 32.1. The number of para-hydroxylation sites is 1. The summed E-state index contributed by atoms with van der Waals surface area (Å²) in [6.45, 7) is 0. The number of benzene rings is 3. The number of amides is 1. The molecule has 0 spiro atoms. The molecule has 4 aromatic rings. The Morgan fingerprint density at radius 1 is 1.03 bits per heavy atom. The van der Waals surface area contributed by atoms with Crippen LogP contribution in [-0.2, 0) is 22.4 Å². The van der Waals surface area contributed by atoms with Crippen LogP contribution in [0.4, 0.5) is 0 Å². The largest absolute Gasteiger partial charge is 0.480 e. The van der Waals surface area contributed by atoms with Gasteiger partial charge in [-0.05, 0) is 40.3 Å². The first kappa shape index (κ1) is 22.3. The fourth-order valence-corrected chi connectivity index (χ4v) is 5.34. The van der Waals surface area contributed by atoms with Crippen molar-refractivity contribution in [2.75, 3.05) is 5.75 Å². The minimum atomic E-state index is -1.04. The number of thiol groups is 1. The van der Waals surface area contributed by atoms with Gasteiger partial charge >= 0.3 is 5.97 Å². The molecule has 1 aliphatic rings. The Bertz CT molecular complexity index is 1350. The van der Waals surface area contributed by atoms with Crippen molar-refractivity contribution in [3.63, 3.8) is 0 Å². The van der Waals surface area contributed by atoms with Crippen molar-refractivity contribution in [2.24, 2.45) is 5.92 Å². The van der Waals surface area contributed by atoms with Gasteiger partial charge in [0.25, 0.3) is 0 Å². The van der Waals surface area contributed by atoms with Gasteiger partial charge in [-0.25, -0.2) is 4.79 Å². The Morgan fingerprint density at radius 2 is 1.79 bits per heavy atom. The first-order chi connectivity index (χ1) is 16.5. The van der Waals surface area contributed by atoms with Gasteiger partial charge in [-0.15, -0.1) is 0 Å². The number of fused-ring (bicyclic) bond motifs is 2. The molecule has 1 amide bonds. The van der Waals surface area contributed by atoms with Gasteiger partial charge in [-0.2, -0.15) is 12.6 Å². The SMILES string of the molecule is O=C(O)[C@H](Cc1c[nH]c2ccccc12)NC(=O)[C@@H](CS)[C@H]1Cc2cc(-c3ccccc3)ccc21. The lowest BCUT2D eigenvalue weighted by molar-refractivity contribution is -0.142. The number of carbonyl (C=O) groups excluding carboxylic acids is 1. The molecule has 1 aliphatic carbocycles. The third-order valence-corrected chi connectivity index (χ3v) is 7.22. The van der Waals surface area contributed by atoms with E-state index < -0.39 is 12.0 Å². The molecule has 5 rings (SSSR count). The van der Waals surface area contributed by atoms with Crippen LogP contribution >= 0.6 is 12.6 Å². The minimum absolute atomic E-state index is 0.0415. The fraction of sp³-hybridized carbons (Fsp3) is 0.214. The molecule has 3 N–H and O–H groups in total. The smallest absolute Gasteiger partial charge is 0.326 e. The van der Waals surface area contributed by atoms with Gasteiger partial charge in [0, 0.05) is 35.2 Å². The Hall–Kier alpha value is -3.51. The number of carboxylic acid groups (broad SMARTS) is 1. The molecule has 0 aliphatic heterocycles. The molecule has 3 atom stereocenters. The van der Waals surface area contributed by atoms with Crippen LogP contribution in [-0.4, -0.2) is 33.8 Å². The molecule has 3 aromatic carbocycles. The molecule has 0 radical (unpaired) electrons. The average Bonchev–Trinajstić information content (AvgIpc) is 3.25. The summed E-state index contributed by atoms with van der Waals surface area (Å²) < 4.78 is 0. The summed E-state index contributed by atoms with van der Waals surface area (Å²) in [6.07, 6.45) is 2.82. The van der Waals surface area contributed by atoms with Gasteiger partial charge in [0.15, 0.2) is 0 Å². The molecule has 0 fully saturated rings. The summed E-state index contributed by atoms with van der Waals surface area (Å²) >= 11 is 4.45. The van der Waals surface area contributed by atoms with Crippen molar-refractivity contribution in [1.29, 1.82) is 0 Å². The van der Waals surface area contributed by atoms with E-state index in [2.05, 4.69) is 53.3 Å². The third kappa shape index (κ3) is 4.21. The maximum atomic E-state index is 13.2. The summed E-state index contributed by atoms with van der Waals surface area (Å²) in [5, 5.41) is 13.6. The maximum Gasteiger partial charge on any atom is 0.326 e. The Kier molecular flexibility index (Phi) is 6.16. The van der Waals surface area contributed by atoms with E-state index in [0.717, 1.165) is 34.0 Å². The first-order valence-electron chi connectivity index (χ1n) is 11.4. The van der Waals surface area contributed by atoms with Crippen LogP contribution < -0.4 is 5.32 Å². The van der Waals surface area contributed by atoms with E-state index in [9.17, 15) is 14.7 Å². The molecule has 34 heavy (non-hydrogen) atoms. The standard InChI is InChI=1S/C28H26N2O3S/c31-27(30-26(28(32)33)14-20-15-29-25-9-5-4-8-22(20)25)24(16-34)23-13-19-12-18(10-11-21(19)23)17-6-2-1-3-7-17/h1-12,15,23-24,26,29,34H,13-14,16H2,(H,30,31)(H,32,33)/t23-,24-,26-/m0/s1. The van der Waals surface area contributed by atoms with Crippen molar-refractivity contribution in [3.8, 4) is 11.1 Å². The molecule has 0 saturated carbocycles. The molecule has 0 bridgehead atoms. The average molecular weight is 471 g/mol. The third-order valence-electron chi connectivity index (χ3n) is 6.82. The minimum Gasteiger partial charge on any atom is -0.480 e. The quantitative estimate of drug-likeness (QED) is 0.278. The molecule has 1 aromatic heterocycles. The molecule has 0 unspecified atom stereocenters. The van der Waals surface area contributed by atoms with Gasteiger partial charge in [0.1, 0.15) is 6.04 Å². The number of aromatic nitrogens is 1. The van der Waals surface area contributed by atoms with Gasteiger partial charge < -0.3 is 15.4 Å². The second kappa shape index (κ2) is 9.39. The fourth-order valence-electron chi connectivity index (χ4n) is 4.92. The van der Waals surface area contributed by atoms with Crippen LogP contribution in [0.15, 0.2) is 79.0 Å². The van der Waals surface area contributed by atoms with Crippen LogP contribution in [0.5, 0.6) is 0 Å². The molecule has 172 valence electrons. The van der Waals surface area contributed by atoms with E-state index in [0.29, 0.717) is 5.75 Å². The topological polar surface area (TPSA) is 82.2 Å². The lowest BCUT2D eigenvalue weighted by Crippen LogP contribution is -2.47. The van der Waals surface area contributed by atoms with E-state index in [1.165, 1.54) is 11.1 Å². The zero-order chi connectivity index (χ0) is 23.7. The highest BCUT2D eigenvalue weighted by Gasteiger charge is 2.37. The van der Waals surface area contributed by atoms with Gasteiger partial charge in [0.2, 0.25) is 5.91 Å². The van der Waals surface area contributed by atoms with Crippen LogP contribution in [0.2, 0.25) is 0 Å². The van der Waals surface area contributed by atoms with Gasteiger partial charge in [-0.1, -0.05) is 66.7 Å². The zero-order valence-corrected chi connectivity index (χ0v) is 19.5. The van der Waals surface area contributed by atoms with E-state index in [4.69, 9.17) is 0 Å². The summed E-state index contributed by atoms with van der Waals surface area (Å²) in [5.41, 5.74) is 6.53. The van der Waals surface area contributed by atoms with E-state index in [1.54, 1.807) is 0 Å². The Morgan fingerprint density at radius 3 is 2.53 bits per heavy atom.